The van der Waals surface area contributed by atoms with E-state index in [0.29, 0.717) is 24.6 Å². The van der Waals surface area contributed by atoms with Crippen molar-refractivity contribution < 1.29 is 28.9 Å². The van der Waals surface area contributed by atoms with E-state index in [2.05, 4.69) is 91.8 Å². The molecule has 17 nitrogen and oxygen atoms in total. The van der Waals surface area contributed by atoms with Gasteiger partial charge < -0.3 is 34.7 Å². The molecule has 7 rings (SSSR count). The molecule has 0 saturated carbocycles. The van der Waals surface area contributed by atoms with E-state index in [9.17, 15) is 14.4 Å². The molecule has 2 fully saturated rings. The fraction of sp³-hybridized carbons (Fsp3) is 0.368. The van der Waals surface area contributed by atoms with Crippen LogP contribution >= 0.6 is 0 Å². The number of ether oxygens (including phenoxy) is 1. The Morgan fingerprint density at radius 1 is 0.855 bits per heavy atom. The van der Waals surface area contributed by atoms with Gasteiger partial charge in [-0.25, -0.2) is 19.8 Å². The van der Waals surface area contributed by atoms with Gasteiger partial charge in [-0.3, -0.25) is 14.7 Å². The van der Waals surface area contributed by atoms with Gasteiger partial charge in [0, 0.05) is 25.7 Å². The van der Waals surface area contributed by atoms with Crippen LogP contribution in [0.15, 0.2) is 72.1 Å². The van der Waals surface area contributed by atoms with Gasteiger partial charge in [0.15, 0.2) is 0 Å². The molecular formula is C38H43N11O6. The standard InChI is InChI=1S/C38H43N11O6/c1-23(41-22-55-54-3)36(50)48-16-4-6-32(48)34-39-20-30(43-34)26-12-8-24(9-13-26)25-10-14-27(15-11-25)31-21-40-35(44-31)33-7-5-17-49(33)37(51)29(45-38(52)53-2)18-28-19-42-47-46-28/h8-15,19-23,29,32-33H,4-7,16-18H2,1-3H3,(H,39,43)(H,40,44)(H,45,52)(H,42,46,47)/b41-22-/t23-,29+,32-,33-/m0/s1. The van der Waals surface area contributed by atoms with Crippen LogP contribution in [0.5, 0.6) is 0 Å². The SMILES string of the molecule is COO/C=N\[C@@H](C)C(=O)N1CCC[C@H]1c1ncc(-c2ccc(-c3ccc(-c4cnc([C@@H]5CCCN5C(=O)[C@@H](Cc5c[nH]nn5)NC(=O)OC)[nH]4)cc3)cc2)[nH]1. The van der Waals surface area contributed by atoms with Crippen molar-refractivity contribution in [2.45, 2.75) is 63.2 Å². The largest absolute Gasteiger partial charge is 0.453 e. The molecule has 5 heterocycles. The van der Waals surface area contributed by atoms with Crippen molar-refractivity contribution in [3.8, 4) is 33.6 Å². The number of aromatic nitrogens is 7. The first-order chi connectivity index (χ1) is 26.8. The molecular weight excluding hydrogens is 706 g/mol. The van der Waals surface area contributed by atoms with Crippen molar-refractivity contribution >= 4 is 24.3 Å². The van der Waals surface area contributed by atoms with Gasteiger partial charge >= 0.3 is 6.09 Å². The summed E-state index contributed by atoms with van der Waals surface area (Å²) in [7, 11) is 2.63. The zero-order chi connectivity index (χ0) is 38.3. The summed E-state index contributed by atoms with van der Waals surface area (Å²) in [6, 6.07) is 14.6. The highest BCUT2D eigenvalue weighted by atomic mass is 17.2. The smallest absolute Gasteiger partial charge is 0.407 e. The van der Waals surface area contributed by atoms with Crippen LogP contribution in [0.4, 0.5) is 4.79 Å². The maximum absolute atomic E-state index is 13.7. The second-order valence-electron chi connectivity index (χ2n) is 13.4. The number of carbonyl (C=O) groups is 3. The first kappa shape index (κ1) is 37.0. The maximum atomic E-state index is 13.7. The lowest BCUT2D eigenvalue weighted by molar-refractivity contribution is -0.188. The second kappa shape index (κ2) is 16.8. The fourth-order valence-corrected chi connectivity index (χ4v) is 7.22. The lowest BCUT2D eigenvalue weighted by Crippen LogP contribution is -2.49. The number of hydrogen-bond acceptors (Lipinski definition) is 11. The van der Waals surface area contributed by atoms with Gasteiger partial charge in [-0.05, 0) is 54.9 Å². The molecule has 3 amide bonds. The summed E-state index contributed by atoms with van der Waals surface area (Å²) in [6.45, 7) is 2.91. The summed E-state index contributed by atoms with van der Waals surface area (Å²) in [5, 5.41) is 13.0. The minimum Gasteiger partial charge on any atom is -0.453 e. The van der Waals surface area contributed by atoms with Crippen LogP contribution in [0.25, 0.3) is 33.6 Å². The van der Waals surface area contributed by atoms with E-state index in [1.807, 2.05) is 23.2 Å². The normalized spacial score (nSPS) is 18.1. The summed E-state index contributed by atoms with van der Waals surface area (Å²) in [4.78, 5) is 72.0. The summed E-state index contributed by atoms with van der Waals surface area (Å²) in [5.74, 6) is 1.11. The number of H-pyrrole nitrogens is 3. The Morgan fingerprint density at radius 3 is 1.91 bits per heavy atom. The zero-order valence-electron chi connectivity index (χ0n) is 30.8. The number of amides is 3. The molecule has 0 spiro atoms. The van der Waals surface area contributed by atoms with E-state index < -0.39 is 18.2 Å². The van der Waals surface area contributed by atoms with Crippen LogP contribution in [0.2, 0.25) is 0 Å². The van der Waals surface area contributed by atoms with Crippen LogP contribution in [0, 0.1) is 0 Å². The summed E-state index contributed by atoms with van der Waals surface area (Å²) < 4.78 is 4.77. The zero-order valence-corrected chi connectivity index (χ0v) is 30.8. The third-order valence-corrected chi connectivity index (χ3v) is 10.1. The number of nitrogens with one attached hydrogen (secondary N) is 4. The fourth-order valence-electron chi connectivity index (χ4n) is 7.22. The molecule has 0 aliphatic carbocycles. The number of alkyl carbamates (subject to hydrolysis) is 1. The molecule has 2 aliphatic heterocycles. The van der Waals surface area contributed by atoms with E-state index in [1.54, 1.807) is 24.2 Å². The molecule has 0 bridgehead atoms. The highest BCUT2D eigenvalue weighted by molar-refractivity contribution is 5.86. The quantitative estimate of drug-likeness (QED) is 0.0572. The molecule has 4 atom stereocenters. The number of imidazole rings is 2. The molecule has 3 aromatic heterocycles. The van der Waals surface area contributed by atoms with Crippen LogP contribution < -0.4 is 5.32 Å². The van der Waals surface area contributed by atoms with E-state index in [-0.39, 0.29) is 30.3 Å². The molecule has 55 heavy (non-hydrogen) atoms. The molecule has 4 N–H and O–H groups in total. The summed E-state index contributed by atoms with van der Waals surface area (Å²) in [6.07, 6.45) is 9.04. The van der Waals surface area contributed by atoms with Gasteiger partial charge in [-0.15, -0.1) is 5.10 Å². The van der Waals surface area contributed by atoms with Crippen molar-refractivity contribution in [2.24, 2.45) is 4.99 Å². The Kier molecular flexibility index (Phi) is 11.3. The number of aliphatic imine (C=N–C) groups is 1. The van der Waals surface area contributed by atoms with Crippen LogP contribution in [0.3, 0.4) is 0 Å². The number of benzene rings is 2. The Labute approximate surface area is 316 Å². The van der Waals surface area contributed by atoms with E-state index in [4.69, 9.17) is 4.74 Å². The first-order valence-electron chi connectivity index (χ1n) is 18.2. The highest BCUT2D eigenvalue weighted by Gasteiger charge is 2.37. The Morgan fingerprint density at radius 2 is 1.40 bits per heavy atom. The van der Waals surface area contributed by atoms with Crippen molar-refractivity contribution in [2.75, 3.05) is 27.3 Å². The summed E-state index contributed by atoms with van der Waals surface area (Å²) >= 11 is 0. The van der Waals surface area contributed by atoms with Crippen molar-refractivity contribution in [3.05, 3.63) is 84.5 Å². The number of rotatable bonds is 13. The highest BCUT2D eigenvalue weighted by Crippen LogP contribution is 2.34. The van der Waals surface area contributed by atoms with Gasteiger partial charge in [-0.2, -0.15) is 4.89 Å². The minimum absolute atomic E-state index is 0.0903. The van der Waals surface area contributed by atoms with Crippen LogP contribution in [0.1, 0.15) is 62.0 Å². The minimum atomic E-state index is -0.871. The third-order valence-electron chi connectivity index (χ3n) is 10.1. The average molecular weight is 750 g/mol. The van der Waals surface area contributed by atoms with Gasteiger partial charge in [0.1, 0.15) is 23.7 Å². The average Bonchev–Trinajstić information content (AvgIpc) is 4.07. The Balaban J connectivity index is 0.993. The number of methoxy groups -OCH3 is 1. The predicted octanol–water partition coefficient (Wildman–Crippen LogP) is 4.54. The van der Waals surface area contributed by atoms with Crippen molar-refractivity contribution in [1.82, 2.24) is 50.5 Å². The topological polar surface area (TPSA) is 209 Å². The lowest BCUT2D eigenvalue weighted by Gasteiger charge is -2.27. The van der Waals surface area contributed by atoms with Crippen LogP contribution in [-0.4, -0.2) is 109 Å². The maximum Gasteiger partial charge on any atom is 0.407 e. The van der Waals surface area contributed by atoms with Gasteiger partial charge in [0.25, 0.3) is 0 Å². The Hall–Kier alpha value is -6.36. The van der Waals surface area contributed by atoms with Gasteiger partial charge in [0.05, 0.1) is 55.8 Å². The number of hydrogen-bond donors (Lipinski definition) is 4. The van der Waals surface area contributed by atoms with Crippen molar-refractivity contribution in [3.63, 3.8) is 0 Å². The molecule has 2 aromatic carbocycles. The number of aromatic amines is 3. The molecule has 5 aromatic rings. The number of nitrogens with zero attached hydrogens (tertiary/aromatic N) is 7. The van der Waals surface area contributed by atoms with E-state index in [0.717, 1.165) is 71.6 Å². The number of likely N-dealkylation sites (tertiary alicyclic amines) is 2. The summed E-state index contributed by atoms with van der Waals surface area (Å²) in [5.41, 5.74) is 6.31. The molecule has 2 saturated heterocycles. The lowest BCUT2D eigenvalue weighted by atomic mass is 10.0. The first-order valence-corrected chi connectivity index (χ1v) is 18.2. The predicted molar refractivity (Wildman–Crippen MR) is 200 cm³/mol. The van der Waals surface area contributed by atoms with Crippen LogP contribution in [-0.2, 0) is 30.5 Å². The molecule has 2 aliphatic rings. The van der Waals surface area contributed by atoms with E-state index in [1.165, 1.54) is 14.2 Å². The molecule has 17 heteroatoms. The molecule has 286 valence electrons. The molecule has 0 radical (unpaired) electrons. The van der Waals surface area contributed by atoms with Crippen molar-refractivity contribution in [1.29, 1.82) is 0 Å². The van der Waals surface area contributed by atoms with Gasteiger partial charge in [0.2, 0.25) is 18.2 Å². The second-order valence-corrected chi connectivity index (χ2v) is 13.4. The Bertz CT molecular complexity index is 2090. The van der Waals surface area contributed by atoms with Gasteiger partial charge in [-0.1, -0.05) is 53.7 Å². The third kappa shape index (κ3) is 8.26. The van der Waals surface area contributed by atoms with E-state index >= 15 is 0 Å². The molecule has 0 unspecified atom stereocenters. The monoisotopic (exact) mass is 749 g/mol. The number of carbonyl (C=O) groups excluding carboxylic acids is 3.